The third-order valence-corrected chi connectivity index (χ3v) is 3.77. The Labute approximate surface area is 124 Å². The van der Waals surface area contributed by atoms with E-state index in [1.165, 1.54) is 23.6 Å². The normalized spacial score (nSPS) is 10.5. The monoisotopic (exact) mass is 301 g/mol. The smallest absolute Gasteiger partial charge is 0.279 e. The Balaban J connectivity index is 1.88. The zero-order valence-corrected chi connectivity index (χ0v) is 11.8. The average molecular weight is 301 g/mol. The number of ether oxygens (including phenoxy) is 1. The van der Waals surface area contributed by atoms with E-state index in [-0.39, 0.29) is 11.4 Å². The second-order valence-corrected chi connectivity index (χ2v) is 5.21. The molecule has 1 amide bonds. The molecule has 0 spiro atoms. The fraction of sp³-hybridized carbons (Fsp3) is 0.0714. The van der Waals surface area contributed by atoms with Gasteiger partial charge in [-0.2, -0.15) is 0 Å². The minimum atomic E-state index is -0.501. The number of hydrogen-bond acceptors (Lipinski definition) is 6. The van der Waals surface area contributed by atoms with Crippen LogP contribution in [0.25, 0.3) is 10.2 Å². The number of benzene rings is 1. The van der Waals surface area contributed by atoms with Gasteiger partial charge in [0.05, 0.1) is 17.3 Å². The molecule has 0 atom stereocenters. The number of methoxy groups -OCH3 is 1. The molecule has 0 aliphatic heterocycles. The Kier molecular flexibility index (Phi) is 3.41. The molecule has 3 aromatic rings. The molecule has 2 N–H and O–H groups in total. The molecule has 2 aromatic heterocycles. The predicted octanol–water partition coefficient (Wildman–Crippen LogP) is 2.66. The molecule has 0 saturated heterocycles. The van der Waals surface area contributed by atoms with Gasteiger partial charge in [-0.05, 0) is 24.3 Å². The number of thiazole rings is 1. The van der Waals surface area contributed by atoms with Gasteiger partial charge in [0.2, 0.25) is 0 Å². The summed E-state index contributed by atoms with van der Waals surface area (Å²) in [5.74, 6) is 0.0324. The number of aromatic nitrogens is 2. The number of aromatic hydroxyl groups is 1. The maximum Gasteiger partial charge on any atom is 0.279 e. The van der Waals surface area contributed by atoms with E-state index in [4.69, 9.17) is 4.74 Å². The highest BCUT2D eigenvalue weighted by Gasteiger charge is 2.14. The van der Waals surface area contributed by atoms with Crippen LogP contribution < -0.4 is 10.1 Å². The Morgan fingerprint density at radius 3 is 3.00 bits per heavy atom. The van der Waals surface area contributed by atoms with Gasteiger partial charge in [-0.15, -0.1) is 0 Å². The van der Waals surface area contributed by atoms with Crippen LogP contribution in [0.3, 0.4) is 0 Å². The number of carbonyl (C=O) groups excluding carboxylic acids is 1. The van der Waals surface area contributed by atoms with Crippen molar-refractivity contribution in [2.24, 2.45) is 0 Å². The van der Waals surface area contributed by atoms with E-state index in [2.05, 4.69) is 15.3 Å². The van der Waals surface area contributed by atoms with E-state index in [0.717, 1.165) is 10.2 Å². The third kappa shape index (κ3) is 2.63. The summed E-state index contributed by atoms with van der Waals surface area (Å²) >= 11 is 1.34. The molecular formula is C14H11N3O3S. The summed E-state index contributed by atoms with van der Waals surface area (Å²) in [6, 6.07) is 8.46. The number of pyridine rings is 1. The van der Waals surface area contributed by atoms with Crippen LogP contribution in [0.15, 0.2) is 36.5 Å². The first-order valence-electron chi connectivity index (χ1n) is 6.07. The van der Waals surface area contributed by atoms with Gasteiger partial charge in [0.15, 0.2) is 10.8 Å². The molecule has 6 nitrogen and oxygen atoms in total. The largest absolute Gasteiger partial charge is 0.505 e. The van der Waals surface area contributed by atoms with Crippen molar-refractivity contribution >= 4 is 32.6 Å². The minimum Gasteiger partial charge on any atom is -0.505 e. The molecule has 0 saturated carbocycles. The number of anilines is 1. The number of hydrogen-bond donors (Lipinski definition) is 2. The zero-order valence-electron chi connectivity index (χ0n) is 11.0. The van der Waals surface area contributed by atoms with E-state index in [0.29, 0.717) is 10.9 Å². The average Bonchev–Trinajstić information content (AvgIpc) is 2.88. The molecule has 3 rings (SSSR count). The topological polar surface area (TPSA) is 84.3 Å². The van der Waals surface area contributed by atoms with Crippen LogP contribution in [-0.2, 0) is 0 Å². The lowest BCUT2D eigenvalue weighted by Crippen LogP contribution is -2.13. The Bertz CT molecular complexity index is 816. The van der Waals surface area contributed by atoms with Gasteiger partial charge < -0.3 is 9.84 Å². The molecule has 2 heterocycles. The van der Waals surface area contributed by atoms with Gasteiger partial charge in [-0.1, -0.05) is 11.3 Å². The van der Waals surface area contributed by atoms with Crippen molar-refractivity contribution in [2.45, 2.75) is 0 Å². The number of carbonyl (C=O) groups is 1. The van der Waals surface area contributed by atoms with Crippen LogP contribution in [0.2, 0.25) is 0 Å². The van der Waals surface area contributed by atoms with Gasteiger partial charge >= 0.3 is 0 Å². The molecular weight excluding hydrogens is 290 g/mol. The van der Waals surface area contributed by atoms with Crippen molar-refractivity contribution < 1.29 is 14.6 Å². The van der Waals surface area contributed by atoms with Crippen LogP contribution >= 0.6 is 11.3 Å². The zero-order chi connectivity index (χ0) is 14.8. The van der Waals surface area contributed by atoms with E-state index in [1.54, 1.807) is 19.2 Å². The van der Waals surface area contributed by atoms with Crippen LogP contribution in [0.1, 0.15) is 10.5 Å². The molecule has 0 bridgehead atoms. The van der Waals surface area contributed by atoms with Crippen LogP contribution in [0.4, 0.5) is 5.13 Å². The summed E-state index contributed by atoms with van der Waals surface area (Å²) in [6.45, 7) is 0. The van der Waals surface area contributed by atoms with Crippen molar-refractivity contribution in [1.82, 2.24) is 9.97 Å². The van der Waals surface area contributed by atoms with Crippen molar-refractivity contribution in [1.29, 1.82) is 0 Å². The molecule has 21 heavy (non-hydrogen) atoms. The number of nitrogens with one attached hydrogen (secondary N) is 1. The van der Waals surface area contributed by atoms with Gasteiger partial charge in [-0.25, -0.2) is 9.97 Å². The second-order valence-electron chi connectivity index (χ2n) is 4.18. The molecule has 1 aromatic carbocycles. The quantitative estimate of drug-likeness (QED) is 0.777. The fourth-order valence-electron chi connectivity index (χ4n) is 1.82. The highest BCUT2D eigenvalue weighted by atomic mass is 32.1. The van der Waals surface area contributed by atoms with Crippen molar-refractivity contribution in [3.05, 3.63) is 42.2 Å². The first-order valence-corrected chi connectivity index (χ1v) is 6.89. The summed E-state index contributed by atoms with van der Waals surface area (Å²) in [4.78, 5) is 20.2. The number of rotatable bonds is 3. The molecule has 0 unspecified atom stereocenters. The molecule has 106 valence electrons. The number of fused-ring (bicyclic) bond motifs is 1. The maximum atomic E-state index is 12.0. The molecule has 7 heteroatoms. The maximum absolute atomic E-state index is 12.0. The summed E-state index contributed by atoms with van der Waals surface area (Å²) in [5, 5.41) is 12.7. The summed E-state index contributed by atoms with van der Waals surface area (Å²) in [5.41, 5.74) is 0.703. The standard InChI is InChI=1S/C14H11N3O3S/c1-20-8-4-5-11-9(7-8)16-14(21-11)17-13(19)12-10(18)3-2-6-15-12/h2-7,18H,1H3,(H,16,17,19). The summed E-state index contributed by atoms with van der Waals surface area (Å²) in [7, 11) is 1.58. The molecule has 0 aliphatic rings. The van der Waals surface area contributed by atoms with E-state index >= 15 is 0 Å². The van der Waals surface area contributed by atoms with Crippen LogP contribution in [0.5, 0.6) is 11.5 Å². The Morgan fingerprint density at radius 1 is 1.38 bits per heavy atom. The highest BCUT2D eigenvalue weighted by molar-refractivity contribution is 7.22. The van der Waals surface area contributed by atoms with E-state index in [9.17, 15) is 9.90 Å². The summed E-state index contributed by atoms with van der Waals surface area (Å²) < 4.78 is 6.06. The Hall–Kier alpha value is -2.67. The van der Waals surface area contributed by atoms with Crippen LogP contribution in [0, 0.1) is 0 Å². The molecule has 0 aliphatic carbocycles. The number of amides is 1. The minimum absolute atomic E-state index is 0.0330. The lowest BCUT2D eigenvalue weighted by atomic mass is 10.3. The Morgan fingerprint density at radius 2 is 2.24 bits per heavy atom. The van der Waals surface area contributed by atoms with Crippen molar-refractivity contribution in [3.63, 3.8) is 0 Å². The lowest BCUT2D eigenvalue weighted by molar-refractivity contribution is 0.101. The van der Waals surface area contributed by atoms with Crippen molar-refractivity contribution in [3.8, 4) is 11.5 Å². The van der Waals surface area contributed by atoms with Gasteiger partial charge in [0.25, 0.3) is 5.91 Å². The van der Waals surface area contributed by atoms with Crippen LogP contribution in [-0.4, -0.2) is 28.1 Å². The van der Waals surface area contributed by atoms with Gasteiger partial charge in [0.1, 0.15) is 11.5 Å². The predicted molar refractivity (Wildman–Crippen MR) is 80.0 cm³/mol. The first-order chi connectivity index (χ1) is 10.2. The highest BCUT2D eigenvalue weighted by Crippen LogP contribution is 2.29. The van der Waals surface area contributed by atoms with E-state index < -0.39 is 5.91 Å². The fourth-order valence-corrected chi connectivity index (χ4v) is 2.66. The SMILES string of the molecule is COc1ccc2sc(NC(=O)c3ncccc3O)nc2c1. The van der Waals surface area contributed by atoms with Gasteiger partial charge in [-0.3, -0.25) is 10.1 Å². The number of nitrogens with zero attached hydrogens (tertiary/aromatic N) is 2. The lowest BCUT2D eigenvalue weighted by Gasteiger charge is -2.02. The first kappa shape index (κ1) is 13.3. The second kappa shape index (κ2) is 5.37. The van der Waals surface area contributed by atoms with Crippen molar-refractivity contribution in [2.75, 3.05) is 12.4 Å². The molecule has 0 fully saturated rings. The summed E-state index contributed by atoms with van der Waals surface area (Å²) in [6.07, 6.45) is 1.44. The molecule has 0 radical (unpaired) electrons. The van der Waals surface area contributed by atoms with E-state index in [1.807, 2.05) is 12.1 Å². The third-order valence-electron chi connectivity index (χ3n) is 2.82. The van der Waals surface area contributed by atoms with Gasteiger partial charge in [0, 0.05) is 12.3 Å².